The molecule has 0 aliphatic carbocycles. The zero-order chi connectivity index (χ0) is 15.9. The average Bonchev–Trinajstić information content (AvgIpc) is 2.46. The molecule has 3 rings (SSSR count). The highest BCUT2D eigenvalue weighted by atomic mass is 32.2. The van der Waals surface area contributed by atoms with Crippen LogP contribution < -0.4 is 4.90 Å². The van der Waals surface area contributed by atoms with Gasteiger partial charge in [-0.1, -0.05) is 12.1 Å². The van der Waals surface area contributed by atoms with Crippen LogP contribution in [0.4, 0.5) is 10.2 Å². The first kappa shape index (κ1) is 14.9. The Morgan fingerprint density at radius 3 is 2.64 bits per heavy atom. The molecule has 22 heavy (non-hydrogen) atoms. The van der Waals surface area contributed by atoms with Crippen molar-refractivity contribution in [3.8, 4) is 11.3 Å². The van der Waals surface area contributed by atoms with Crippen LogP contribution in [0.2, 0.25) is 0 Å². The van der Waals surface area contributed by atoms with E-state index in [0.29, 0.717) is 23.5 Å². The molecule has 0 bridgehead atoms. The lowest BCUT2D eigenvalue weighted by Crippen LogP contribution is -2.28. The number of halogens is 1. The molecule has 1 aliphatic heterocycles. The molecular formula is C15H16FN3O2S. The second-order valence-electron chi connectivity index (χ2n) is 5.43. The molecule has 0 saturated heterocycles. The average molecular weight is 321 g/mol. The van der Waals surface area contributed by atoms with Crippen LogP contribution in [0.3, 0.4) is 0 Å². The molecule has 0 fully saturated rings. The Morgan fingerprint density at radius 2 is 1.95 bits per heavy atom. The van der Waals surface area contributed by atoms with E-state index in [1.807, 2.05) is 11.9 Å². The van der Waals surface area contributed by atoms with Crippen LogP contribution in [-0.4, -0.2) is 38.2 Å². The Labute approximate surface area is 128 Å². The highest BCUT2D eigenvalue weighted by Gasteiger charge is 2.26. The summed E-state index contributed by atoms with van der Waals surface area (Å²) in [4.78, 5) is 10.2. The number of nitrogens with zero attached hydrogens (tertiary/aromatic N) is 3. The minimum atomic E-state index is -3.57. The van der Waals surface area contributed by atoms with Gasteiger partial charge in [-0.2, -0.15) is 0 Å². The van der Waals surface area contributed by atoms with Crippen LogP contribution in [0.25, 0.3) is 11.3 Å². The zero-order valence-corrected chi connectivity index (χ0v) is 13.2. The van der Waals surface area contributed by atoms with Crippen molar-refractivity contribution in [2.24, 2.45) is 0 Å². The number of aromatic nitrogens is 2. The first-order valence-electron chi connectivity index (χ1n) is 6.95. The molecule has 2 aromatic rings. The van der Waals surface area contributed by atoms with Crippen molar-refractivity contribution in [2.75, 3.05) is 24.7 Å². The van der Waals surface area contributed by atoms with E-state index < -0.39 is 15.7 Å². The van der Waals surface area contributed by atoms with Crippen LogP contribution in [0.15, 0.2) is 29.4 Å². The van der Waals surface area contributed by atoms with Crippen molar-refractivity contribution < 1.29 is 12.8 Å². The van der Waals surface area contributed by atoms with Gasteiger partial charge in [0.2, 0.25) is 15.0 Å². The fraction of sp³-hybridized carbons (Fsp3) is 0.333. The molecule has 116 valence electrons. The number of rotatable bonds is 2. The van der Waals surface area contributed by atoms with Crippen molar-refractivity contribution in [3.63, 3.8) is 0 Å². The third-order valence-corrected chi connectivity index (χ3v) is 4.55. The third kappa shape index (κ3) is 2.56. The van der Waals surface area contributed by atoms with E-state index in [9.17, 15) is 12.8 Å². The molecule has 0 unspecified atom stereocenters. The van der Waals surface area contributed by atoms with Crippen LogP contribution in [0.5, 0.6) is 0 Å². The van der Waals surface area contributed by atoms with Gasteiger partial charge in [0.25, 0.3) is 0 Å². The van der Waals surface area contributed by atoms with Gasteiger partial charge in [0.1, 0.15) is 11.6 Å². The van der Waals surface area contributed by atoms with Crippen LogP contribution in [-0.2, 0) is 16.3 Å². The molecule has 1 aromatic heterocycles. The molecule has 0 amide bonds. The maximum atomic E-state index is 14.1. The van der Waals surface area contributed by atoms with Crippen molar-refractivity contribution in [3.05, 3.63) is 35.6 Å². The largest absolute Gasteiger partial charge is 0.359 e. The van der Waals surface area contributed by atoms with Crippen molar-refractivity contribution in [1.29, 1.82) is 0 Å². The van der Waals surface area contributed by atoms with Crippen molar-refractivity contribution in [2.45, 2.75) is 18.0 Å². The van der Waals surface area contributed by atoms with Gasteiger partial charge in [-0.15, -0.1) is 0 Å². The van der Waals surface area contributed by atoms with E-state index in [0.717, 1.165) is 24.8 Å². The standard InChI is InChI=1S/C15H16FN3O2S/c1-19-9-5-7-11-13(10-6-3-4-8-12(10)16)17-15(18-14(11)19)22(2,20)21/h3-4,6,8H,5,7,9H2,1-2H3. The van der Waals surface area contributed by atoms with Crippen LogP contribution >= 0.6 is 0 Å². The van der Waals surface area contributed by atoms with Gasteiger partial charge in [0.15, 0.2) is 0 Å². The SMILES string of the molecule is CN1CCCc2c(-c3ccccc3F)nc(S(C)(=O)=O)nc21. The summed E-state index contributed by atoms with van der Waals surface area (Å²) >= 11 is 0. The highest BCUT2D eigenvalue weighted by molar-refractivity contribution is 7.90. The molecule has 0 saturated carbocycles. The second kappa shape index (κ2) is 5.31. The molecule has 1 aromatic carbocycles. The van der Waals surface area contributed by atoms with E-state index in [1.165, 1.54) is 6.07 Å². The van der Waals surface area contributed by atoms with Gasteiger partial charge in [0, 0.05) is 31.0 Å². The number of anilines is 1. The molecule has 2 heterocycles. The van der Waals surface area contributed by atoms with Gasteiger partial charge in [0.05, 0.1) is 5.69 Å². The Balaban J connectivity index is 2.33. The fourth-order valence-electron chi connectivity index (χ4n) is 2.64. The van der Waals surface area contributed by atoms with E-state index >= 15 is 0 Å². The smallest absolute Gasteiger partial charge is 0.249 e. The molecular weight excluding hydrogens is 305 g/mol. The summed E-state index contributed by atoms with van der Waals surface area (Å²) in [7, 11) is -1.73. The summed E-state index contributed by atoms with van der Waals surface area (Å²) in [6, 6.07) is 6.25. The second-order valence-corrected chi connectivity index (χ2v) is 7.34. The normalized spacial score (nSPS) is 14.8. The summed E-state index contributed by atoms with van der Waals surface area (Å²) in [6.07, 6.45) is 2.66. The highest BCUT2D eigenvalue weighted by Crippen LogP contribution is 2.34. The van der Waals surface area contributed by atoms with Crippen LogP contribution in [0, 0.1) is 5.82 Å². The van der Waals surface area contributed by atoms with E-state index in [-0.39, 0.29) is 5.16 Å². The number of benzene rings is 1. The summed E-state index contributed by atoms with van der Waals surface area (Å²) in [5, 5.41) is -0.266. The van der Waals surface area contributed by atoms with E-state index in [4.69, 9.17) is 0 Å². The maximum Gasteiger partial charge on any atom is 0.249 e. The van der Waals surface area contributed by atoms with Crippen LogP contribution in [0.1, 0.15) is 12.0 Å². The Morgan fingerprint density at radius 1 is 1.23 bits per heavy atom. The molecule has 7 heteroatoms. The summed E-state index contributed by atoms with van der Waals surface area (Å²) in [5.41, 5.74) is 1.47. The van der Waals surface area contributed by atoms with Gasteiger partial charge in [-0.25, -0.2) is 22.8 Å². The van der Waals surface area contributed by atoms with Gasteiger partial charge < -0.3 is 4.90 Å². The molecule has 0 atom stereocenters. The number of hydrogen-bond donors (Lipinski definition) is 0. The molecule has 5 nitrogen and oxygen atoms in total. The number of sulfone groups is 1. The Kier molecular flexibility index (Phi) is 3.60. The maximum absolute atomic E-state index is 14.1. The molecule has 1 aliphatic rings. The molecule has 0 spiro atoms. The lowest BCUT2D eigenvalue weighted by molar-refractivity contribution is 0.590. The Bertz CT molecular complexity index is 837. The Hall–Kier alpha value is -2.02. The monoisotopic (exact) mass is 321 g/mol. The minimum absolute atomic E-state index is 0.266. The van der Waals surface area contributed by atoms with E-state index in [1.54, 1.807) is 18.2 Å². The fourth-order valence-corrected chi connectivity index (χ4v) is 3.15. The summed E-state index contributed by atoms with van der Waals surface area (Å²) < 4.78 is 37.9. The quantitative estimate of drug-likeness (QED) is 0.792. The molecule has 0 radical (unpaired) electrons. The van der Waals surface area contributed by atoms with Gasteiger partial charge >= 0.3 is 0 Å². The summed E-state index contributed by atoms with van der Waals surface area (Å²) in [6.45, 7) is 0.782. The summed E-state index contributed by atoms with van der Waals surface area (Å²) in [5.74, 6) is 0.149. The topological polar surface area (TPSA) is 63.2 Å². The minimum Gasteiger partial charge on any atom is -0.359 e. The number of hydrogen-bond acceptors (Lipinski definition) is 5. The first-order chi connectivity index (χ1) is 10.4. The predicted molar refractivity (Wildman–Crippen MR) is 82.1 cm³/mol. The first-order valence-corrected chi connectivity index (χ1v) is 8.84. The predicted octanol–water partition coefficient (Wildman–Crippen LogP) is 2.07. The molecule has 0 N–H and O–H groups in total. The zero-order valence-electron chi connectivity index (χ0n) is 12.4. The van der Waals surface area contributed by atoms with Crippen molar-refractivity contribution >= 4 is 15.7 Å². The lowest BCUT2D eigenvalue weighted by Gasteiger charge is -2.28. The van der Waals surface area contributed by atoms with E-state index in [2.05, 4.69) is 9.97 Å². The lowest BCUT2D eigenvalue weighted by atomic mass is 9.99. The van der Waals surface area contributed by atoms with Gasteiger partial charge in [-0.3, -0.25) is 0 Å². The third-order valence-electron chi connectivity index (χ3n) is 3.71. The number of fused-ring (bicyclic) bond motifs is 1. The van der Waals surface area contributed by atoms with Gasteiger partial charge in [-0.05, 0) is 25.0 Å². The van der Waals surface area contributed by atoms with Crippen molar-refractivity contribution in [1.82, 2.24) is 9.97 Å².